The molecular weight excluding hydrogens is 591 g/mol. The van der Waals surface area contributed by atoms with Crippen molar-refractivity contribution in [2.24, 2.45) is 0 Å². The van der Waals surface area contributed by atoms with Crippen molar-refractivity contribution in [2.75, 3.05) is 0 Å². The van der Waals surface area contributed by atoms with Crippen molar-refractivity contribution in [3.63, 3.8) is 0 Å². The number of benzene rings is 9. The molecule has 0 fully saturated rings. The van der Waals surface area contributed by atoms with Gasteiger partial charge in [-0.1, -0.05) is 121 Å². The fourth-order valence-corrected chi connectivity index (χ4v) is 10.9. The largest absolute Gasteiger partial charge is 0.456 e. The summed E-state index contributed by atoms with van der Waals surface area (Å²) in [5.41, 5.74) is 2.22. The first-order chi connectivity index (χ1) is 23.3. The summed E-state index contributed by atoms with van der Waals surface area (Å²) in [6.07, 6.45) is 0. The van der Waals surface area contributed by atoms with Crippen molar-refractivity contribution >= 4 is 77.7 Å². The van der Waals surface area contributed by atoms with Crippen molar-refractivity contribution in [2.45, 2.75) is 0 Å². The van der Waals surface area contributed by atoms with Crippen LogP contribution < -0.4 is 25.4 Å². The minimum absolute atomic E-state index is 0.883. The Morgan fingerprint density at radius 1 is 0.340 bits per heavy atom. The lowest BCUT2D eigenvalue weighted by molar-refractivity contribution is 0.468. The van der Waals surface area contributed by atoms with E-state index in [1.807, 2.05) is 0 Å². The molecule has 2 aliphatic rings. The highest BCUT2D eigenvalue weighted by atomic mass is 31.1. The van der Waals surface area contributed by atoms with Crippen molar-refractivity contribution in [1.82, 2.24) is 0 Å². The smallest absolute Gasteiger partial charge is 0.147 e. The van der Waals surface area contributed by atoms with Crippen molar-refractivity contribution in [3.8, 4) is 34.1 Å². The lowest BCUT2D eigenvalue weighted by Crippen LogP contribution is -2.33. The maximum atomic E-state index is 7.05. The van der Waals surface area contributed by atoms with Crippen LogP contribution in [0.15, 0.2) is 152 Å². The molecule has 0 aromatic heterocycles. The van der Waals surface area contributed by atoms with Gasteiger partial charge in [-0.05, 0) is 89.8 Å². The van der Waals surface area contributed by atoms with E-state index in [0.29, 0.717) is 0 Å². The molecule has 9 aromatic rings. The zero-order valence-corrected chi connectivity index (χ0v) is 26.1. The van der Waals surface area contributed by atoms with E-state index in [1.54, 1.807) is 0 Å². The van der Waals surface area contributed by atoms with E-state index in [4.69, 9.17) is 9.47 Å². The average Bonchev–Trinajstić information content (AvgIpc) is 3.14. The minimum Gasteiger partial charge on any atom is -0.456 e. The van der Waals surface area contributed by atoms with Gasteiger partial charge in [0, 0.05) is 24.1 Å². The molecule has 0 N–H and O–H groups in total. The third kappa shape index (κ3) is 3.48. The van der Waals surface area contributed by atoms with Gasteiger partial charge in [-0.3, -0.25) is 0 Å². The molecule has 11 rings (SSSR count). The normalized spacial score (nSPS) is 14.5. The Morgan fingerprint density at radius 3 is 1.43 bits per heavy atom. The molecule has 0 radical (unpaired) electrons. The summed E-state index contributed by atoms with van der Waals surface area (Å²) in [5, 5.41) is 16.2. The van der Waals surface area contributed by atoms with E-state index in [1.165, 1.54) is 64.5 Å². The third-order valence-corrected chi connectivity index (χ3v) is 12.7. The quantitative estimate of drug-likeness (QED) is 0.135. The molecule has 2 heterocycles. The lowest BCUT2D eigenvalue weighted by Gasteiger charge is -2.37. The van der Waals surface area contributed by atoms with Gasteiger partial charge in [0.05, 0.1) is 5.30 Å². The van der Waals surface area contributed by atoms with Gasteiger partial charge in [-0.15, -0.1) is 0 Å². The Hall–Kier alpha value is -5.69. The highest BCUT2D eigenvalue weighted by Gasteiger charge is 2.40. The first kappa shape index (κ1) is 25.5. The summed E-state index contributed by atoms with van der Waals surface area (Å²) in [4.78, 5) is 0. The average molecular weight is 617 g/mol. The molecule has 0 saturated heterocycles. The summed E-state index contributed by atoms with van der Waals surface area (Å²) >= 11 is 0. The topological polar surface area (TPSA) is 18.5 Å². The lowest BCUT2D eigenvalue weighted by atomic mass is 9.92. The highest BCUT2D eigenvalue weighted by molar-refractivity contribution is 7.81. The summed E-state index contributed by atoms with van der Waals surface area (Å²) in [7, 11) is -0.994. The minimum atomic E-state index is -0.994. The van der Waals surface area contributed by atoms with Crippen LogP contribution in [-0.4, -0.2) is 0 Å². The number of hydrogen-bond acceptors (Lipinski definition) is 2. The van der Waals surface area contributed by atoms with Crippen molar-refractivity contribution < 1.29 is 9.47 Å². The molecule has 2 aliphatic heterocycles. The number of rotatable bonds is 1. The second-order valence-electron chi connectivity index (χ2n) is 12.4. The van der Waals surface area contributed by atoms with Crippen LogP contribution in [-0.2, 0) is 0 Å². The predicted molar refractivity (Wildman–Crippen MR) is 198 cm³/mol. The maximum absolute atomic E-state index is 7.05. The van der Waals surface area contributed by atoms with Gasteiger partial charge in [0.25, 0.3) is 0 Å². The molecule has 0 bridgehead atoms. The molecule has 0 aliphatic carbocycles. The molecule has 218 valence electrons. The molecule has 3 heteroatoms. The summed E-state index contributed by atoms with van der Waals surface area (Å²) in [6, 6.07) is 54.8. The Labute approximate surface area is 272 Å². The first-order valence-electron chi connectivity index (χ1n) is 16.0. The van der Waals surface area contributed by atoms with Crippen molar-refractivity contribution in [3.05, 3.63) is 152 Å². The van der Waals surface area contributed by atoms with Crippen LogP contribution in [0.1, 0.15) is 0 Å². The Morgan fingerprint density at radius 2 is 0.809 bits per heavy atom. The Balaban J connectivity index is 1.22. The molecule has 0 amide bonds. The second kappa shape index (κ2) is 9.42. The second-order valence-corrected chi connectivity index (χ2v) is 14.5. The highest BCUT2D eigenvalue weighted by Crippen LogP contribution is 2.57. The summed E-state index contributed by atoms with van der Waals surface area (Å²) in [5.74, 6) is 3.65. The summed E-state index contributed by atoms with van der Waals surface area (Å²) < 4.78 is 13.8. The van der Waals surface area contributed by atoms with Gasteiger partial charge < -0.3 is 9.47 Å². The number of ether oxygens (including phenoxy) is 2. The van der Waals surface area contributed by atoms with Gasteiger partial charge >= 0.3 is 0 Å². The third-order valence-electron chi connectivity index (χ3n) is 9.98. The van der Waals surface area contributed by atoms with Crippen molar-refractivity contribution in [1.29, 1.82) is 0 Å². The van der Waals surface area contributed by atoms with Gasteiger partial charge in [-0.2, -0.15) is 0 Å². The van der Waals surface area contributed by atoms with E-state index < -0.39 is 7.92 Å². The van der Waals surface area contributed by atoms with E-state index in [9.17, 15) is 0 Å². The fourth-order valence-electron chi connectivity index (χ4n) is 7.91. The number of fused-ring (bicyclic) bond motifs is 14. The van der Waals surface area contributed by atoms with E-state index in [-0.39, 0.29) is 0 Å². The fraction of sp³-hybridized carbons (Fsp3) is 0. The molecule has 9 aromatic carbocycles. The van der Waals surface area contributed by atoms with Crippen LogP contribution in [0.2, 0.25) is 0 Å². The molecule has 1 atom stereocenters. The monoisotopic (exact) mass is 616 g/mol. The van der Waals surface area contributed by atoms with E-state index in [0.717, 1.165) is 39.4 Å². The number of hydrogen-bond donors (Lipinski definition) is 0. The van der Waals surface area contributed by atoms with Crippen LogP contribution >= 0.6 is 7.92 Å². The summed E-state index contributed by atoms with van der Waals surface area (Å²) in [6.45, 7) is 0. The van der Waals surface area contributed by atoms with Crippen LogP contribution in [0.4, 0.5) is 0 Å². The zero-order valence-electron chi connectivity index (χ0n) is 25.2. The van der Waals surface area contributed by atoms with E-state index >= 15 is 0 Å². The molecule has 47 heavy (non-hydrogen) atoms. The standard InChI is InChI=1S/C44H25O2P/c1-3-11-30-26(9-1)18-22-38-42(30)47-43-31-12-4-2-10-27(31)19-23-39(43)46-41-29(21-24-40(45-38)44(41)47)28-17-20-36-34-15-6-5-13-32(34)33-14-7-8-16-35(33)37(36)25-28/h1-25H. The van der Waals surface area contributed by atoms with E-state index in [2.05, 4.69) is 152 Å². The van der Waals surface area contributed by atoms with Gasteiger partial charge in [0.1, 0.15) is 23.0 Å². The Bertz CT molecular complexity index is 2730. The van der Waals surface area contributed by atoms with Crippen LogP contribution in [0.5, 0.6) is 23.0 Å². The molecule has 0 saturated carbocycles. The molecular formula is C44H25O2P. The van der Waals surface area contributed by atoms with Gasteiger partial charge in [0.15, 0.2) is 0 Å². The predicted octanol–water partition coefficient (Wildman–Crippen LogP) is 11.1. The van der Waals surface area contributed by atoms with Gasteiger partial charge in [-0.25, -0.2) is 0 Å². The molecule has 0 spiro atoms. The van der Waals surface area contributed by atoms with Crippen LogP contribution in [0.3, 0.4) is 0 Å². The maximum Gasteiger partial charge on any atom is 0.147 e. The SMILES string of the molecule is c1ccc2c3c(ccc2c1)Oc1ccc(-c2ccc4c5ccccc5c5ccccc5c4c2)c2c1P3c1c(ccc3ccccc13)O2. The van der Waals surface area contributed by atoms with Crippen LogP contribution in [0, 0.1) is 0 Å². The zero-order chi connectivity index (χ0) is 30.6. The Kier molecular flexibility index (Phi) is 5.11. The van der Waals surface area contributed by atoms with Crippen LogP contribution in [0.25, 0.3) is 65.0 Å². The molecule has 2 nitrogen and oxygen atoms in total. The molecule has 1 unspecified atom stereocenters. The first-order valence-corrected chi connectivity index (χ1v) is 17.4. The van der Waals surface area contributed by atoms with Gasteiger partial charge in [0.2, 0.25) is 0 Å².